The van der Waals surface area contributed by atoms with E-state index < -0.39 is 11.9 Å². The number of nitrogens with zero attached hydrogens (tertiary/aromatic N) is 7. The zero-order chi connectivity index (χ0) is 22.1. The minimum absolute atomic E-state index is 0. The first-order valence-corrected chi connectivity index (χ1v) is 9.86. The Kier molecular flexibility index (Phi) is 5.94. The number of anilines is 1. The second kappa shape index (κ2) is 8.99. The number of hydrogen-bond donors (Lipinski definition) is 1. The van der Waals surface area contributed by atoms with Crippen molar-refractivity contribution < 1.29 is 14.3 Å². The van der Waals surface area contributed by atoms with Gasteiger partial charge in [-0.05, 0) is 16.8 Å². The van der Waals surface area contributed by atoms with E-state index in [2.05, 4.69) is 30.7 Å². The quantitative estimate of drug-likeness (QED) is 0.499. The zero-order valence-electron chi connectivity index (χ0n) is 17.0. The van der Waals surface area contributed by atoms with E-state index in [9.17, 15) is 9.59 Å². The second-order valence-electron chi connectivity index (χ2n) is 7.23. The number of tetrazole rings is 1. The van der Waals surface area contributed by atoms with E-state index in [1.54, 1.807) is 31.6 Å². The van der Waals surface area contributed by atoms with Crippen LogP contribution in [-0.4, -0.2) is 61.7 Å². The molecule has 2 aromatic carbocycles. The SMILES string of the molecule is C.CN1C(=O)[C@@H](NC(=O)c2nnn(Cc3ccccc3)n2)COc2cc3nccnc3cc21. The van der Waals surface area contributed by atoms with Crippen molar-refractivity contribution in [1.29, 1.82) is 0 Å². The average Bonchev–Trinajstić information content (AvgIpc) is 3.25. The Labute approximate surface area is 189 Å². The standard InChI is InChI=1S/C21H18N8O3.CH4/c1-28-17-9-14-15(23-8-7-22-14)10-18(17)32-12-16(21(28)31)24-20(30)19-25-27-29(26-19)11-13-5-3-2-4-6-13;/h2-10,16H,11-12H2,1H3,(H,24,30);1H4/t16-;/m0./s1. The molecule has 0 spiro atoms. The molecule has 0 aliphatic carbocycles. The number of aromatic nitrogens is 6. The molecule has 11 heteroatoms. The lowest BCUT2D eigenvalue weighted by atomic mass is 10.2. The molecule has 0 fully saturated rings. The van der Waals surface area contributed by atoms with Crippen LogP contribution in [0.15, 0.2) is 54.9 Å². The van der Waals surface area contributed by atoms with Crippen LogP contribution < -0.4 is 15.0 Å². The number of likely N-dealkylation sites (N-methyl/N-ethyl adjacent to an activating group) is 1. The number of amides is 2. The molecule has 1 aliphatic heterocycles. The van der Waals surface area contributed by atoms with Crippen LogP contribution in [0, 0.1) is 0 Å². The molecule has 2 amide bonds. The first kappa shape index (κ1) is 21.8. The van der Waals surface area contributed by atoms with E-state index in [-0.39, 0.29) is 25.8 Å². The largest absolute Gasteiger partial charge is 0.489 e. The van der Waals surface area contributed by atoms with Crippen LogP contribution in [0.25, 0.3) is 11.0 Å². The summed E-state index contributed by atoms with van der Waals surface area (Å²) < 4.78 is 5.82. The van der Waals surface area contributed by atoms with Gasteiger partial charge in [0.05, 0.1) is 23.3 Å². The number of carbonyl (C=O) groups is 2. The smallest absolute Gasteiger partial charge is 0.293 e. The molecule has 1 atom stereocenters. The van der Waals surface area contributed by atoms with Crippen molar-refractivity contribution in [2.24, 2.45) is 0 Å². The van der Waals surface area contributed by atoms with Gasteiger partial charge in [0.15, 0.2) is 0 Å². The summed E-state index contributed by atoms with van der Waals surface area (Å²) in [5, 5.41) is 14.5. The number of benzene rings is 2. The molecule has 0 saturated heterocycles. The maximum Gasteiger partial charge on any atom is 0.293 e. The van der Waals surface area contributed by atoms with Gasteiger partial charge in [-0.25, -0.2) is 0 Å². The second-order valence-corrected chi connectivity index (χ2v) is 7.23. The maximum atomic E-state index is 13.0. The number of nitrogens with one attached hydrogen (secondary N) is 1. The summed E-state index contributed by atoms with van der Waals surface area (Å²) in [6, 6.07) is 12.1. The first-order valence-electron chi connectivity index (χ1n) is 9.86. The van der Waals surface area contributed by atoms with Gasteiger partial charge >= 0.3 is 0 Å². The lowest BCUT2D eigenvalue weighted by Gasteiger charge is -2.20. The summed E-state index contributed by atoms with van der Waals surface area (Å²) in [7, 11) is 1.62. The van der Waals surface area contributed by atoms with Gasteiger partial charge in [0.25, 0.3) is 17.6 Å². The number of hydrogen-bond acceptors (Lipinski definition) is 8. The van der Waals surface area contributed by atoms with Gasteiger partial charge in [-0.3, -0.25) is 19.6 Å². The molecule has 5 rings (SSSR count). The summed E-state index contributed by atoms with van der Waals surface area (Å²) >= 11 is 0. The number of rotatable bonds is 4. The third kappa shape index (κ3) is 4.33. The van der Waals surface area contributed by atoms with Crippen LogP contribution in [0.5, 0.6) is 5.75 Å². The summed E-state index contributed by atoms with van der Waals surface area (Å²) in [5.41, 5.74) is 2.80. The Hall–Kier alpha value is -4.41. The summed E-state index contributed by atoms with van der Waals surface area (Å²) in [5.74, 6) is -0.592. The predicted molar refractivity (Wildman–Crippen MR) is 120 cm³/mol. The summed E-state index contributed by atoms with van der Waals surface area (Å²) in [6.45, 7) is 0.325. The van der Waals surface area contributed by atoms with Crippen LogP contribution in [0.1, 0.15) is 23.6 Å². The Morgan fingerprint density at radius 3 is 2.64 bits per heavy atom. The van der Waals surface area contributed by atoms with Gasteiger partial charge in [0.1, 0.15) is 18.4 Å². The Morgan fingerprint density at radius 1 is 1.15 bits per heavy atom. The highest BCUT2D eigenvalue weighted by atomic mass is 16.5. The van der Waals surface area contributed by atoms with Crippen molar-refractivity contribution in [2.45, 2.75) is 20.0 Å². The molecule has 0 unspecified atom stereocenters. The van der Waals surface area contributed by atoms with E-state index in [4.69, 9.17) is 4.74 Å². The van der Waals surface area contributed by atoms with E-state index in [1.807, 2.05) is 30.3 Å². The van der Waals surface area contributed by atoms with E-state index in [0.717, 1.165) is 5.56 Å². The average molecular weight is 446 g/mol. The lowest BCUT2D eigenvalue weighted by molar-refractivity contribution is -0.120. The van der Waals surface area contributed by atoms with Gasteiger partial charge in [-0.1, -0.05) is 37.8 Å². The molecule has 0 saturated carbocycles. The zero-order valence-corrected chi connectivity index (χ0v) is 17.0. The number of ether oxygens (including phenoxy) is 1. The minimum atomic E-state index is -0.926. The normalized spacial score (nSPS) is 15.2. The molecule has 0 bridgehead atoms. The Balaban J connectivity index is 0.00000259. The number of fused-ring (bicyclic) bond motifs is 2. The van der Waals surface area contributed by atoms with Crippen LogP contribution in [0.3, 0.4) is 0 Å². The van der Waals surface area contributed by atoms with Gasteiger partial charge in [0, 0.05) is 25.5 Å². The van der Waals surface area contributed by atoms with E-state index in [0.29, 0.717) is 29.0 Å². The van der Waals surface area contributed by atoms with Gasteiger partial charge < -0.3 is 15.0 Å². The van der Waals surface area contributed by atoms with Crippen molar-refractivity contribution >= 4 is 28.5 Å². The molecule has 11 nitrogen and oxygen atoms in total. The topological polar surface area (TPSA) is 128 Å². The summed E-state index contributed by atoms with van der Waals surface area (Å²) in [6.07, 6.45) is 3.16. The predicted octanol–water partition coefficient (Wildman–Crippen LogP) is 1.45. The van der Waals surface area contributed by atoms with Crippen LogP contribution in [-0.2, 0) is 11.3 Å². The fourth-order valence-electron chi connectivity index (χ4n) is 3.43. The van der Waals surface area contributed by atoms with Crippen molar-refractivity contribution in [2.75, 3.05) is 18.6 Å². The minimum Gasteiger partial charge on any atom is -0.489 e. The third-order valence-electron chi connectivity index (χ3n) is 5.07. The van der Waals surface area contributed by atoms with Crippen LogP contribution in [0.2, 0.25) is 0 Å². The molecule has 1 aliphatic rings. The van der Waals surface area contributed by atoms with Gasteiger partial charge in [0.2, 0.25) is 0 Å². The van der Waals surface area contributed by atoms with E-state index >= 15 is 0 Å². The Bertz CT molecular complexity index is 1310. The number of carbonyl (C=O) groups excluding carboxylic acids is 2. The molecule has 2 aromatic heterocycles. The summed E-state index contributed by atoms with van der Waals surface area (Å²) in [4.78, 5) is 36.9. The van der Waals surface area contributed by atoms with Crippen LogP contribution >= 0.6 is 0 Å². The monoisotopic (exact) mass is 446 g/mol. The Morgan fingerprint density at radius 2 is 1.88 bits per heavy atom. The highest BCUT2D eigenvalue weighted by molar-refractivity contribution is 6.03. The van der Waals surface area contributed by atoms with E-state index in [1.165, 1.54) is 9.70 Å². The first-order chi connectivity index (χ1) is 15.6. The lowest BCUT2D eigenvalue weighted by Crippen LogP contribution is -2.49. The van der Waals surface area contributed by atoms with Gasteiger partial charge in [-0.2, -0.15) is 4.80 Å². The molecule has 4 aromatic rings. The van der Waals surface area contributed by atoms with Gasteiger partial charge in [-0.15, -0.1) is 10.2 Å². The molecule has 0 radical (unpaired) electrons. The molecular formula is C22H22N8O3. The molecule has 1 N–H and O–H groups in total. The highest BCUT2D eigenvalue weighted by Gasteiger charge is 2.32. The fourth-order valence-corrected chi connectivity index (χ4v) is 3.43. The molecular weight excluding hydrogens is 424 g/mol. The van der Waals surface area contributed by atoms with Crippen molar-refractivity contribution in [3.8, 4) is 5.75 Å². The van der Waals surface area contributed by atoms with Crippen molar-refractivity contribution in [3.05, 3.63) is 66.2 Å². The highest BCUT2D eigenvalue weighted by Crippen LogP contribution is 2.33. The maximum absolute atomic E-state index is 13.0. The fraction of sp³-hybridized carbons (Fsp3) is 0.227. The molecule has 168 valence electrons. The molecule has 3 heterocycles. The third-order valence-corrected chi connectivity index (χ3v) is 5.07. The van der Waals surface area contributed by atoms with Crippen molar-refractivity contribution in [1.82, 2.24) is 35.5 Å². The van der Waals surface area contributed by atoms with Crippen LogP contribution in [0.4, 0.5) is 5.69 Å². The molecule has 33 heavy (non-hydrogen) atoms. The van der Waals surface area contributed by atoms with Crippen molar-refractivity contribution in [3.63, 3.8) is 0 Å².